The molecule has 0 atom stereocenters. The van der Waals surface area contributed by atoms with Crippen LogP contribution in [0.15, 0.2) is 18.2 Å². The van der Waals surface area contributed by atoms with E-state index < -0.39 is 0 Å². The van der Waals surface area contributed by atoms with Gasteiger partial charge in [0.1, 0.15) is 5.75 Å². The summed E-state index contributed by atoms with van der Waals surface area (Å²) in [6.45, 7) is 6.36. The fourth-order valence-corrected chi connectivity index (χ4v) is 1.93. The Labute approximate surface area is 125 Å². The molecule has 1 rings (SSSR count). The van der Waals surface area contributed by atoms with Crippen molar-refractivity contribution in [2.24, 2.45) is 0 Å². The Balaban J connectivity index is 2.59. The molecule has 0 unspecified atom stereocenters. The number of hydrogen-bond donors (Lipinski definition) is 2. The second-order valence-corrected chi connectivity index (χ2v) is 4.94. The van der Waals surface area contributed by atoms with Gasteiger partial charge in [0.05, 0.1) is 0 Å². The summed E-state index contributed by atoms with van der Waals surface area (Å²) in [5.74, 6) is 0.548. The molecule has 0 fully saturated rings. The minimum Gasteiger partial charge on any atom is -0.483 e. The van der Waals surface area contributed by atoms with Crippen LogP contribution in [0.2, 0.25) is 5.02 Å². The predicted molar refractivity (Wildman–Crippen MR) is 82.2 cm³/mol. The van der Waals surface area contributed by atoms with E-state index in [1.165, 1.54) is 0 Å². The zero-order valence-corrected chi connectivity index (χ0v) is 12.9. The average Bonchev–Trinajstić information content (AvgIpc) is 2.45. The van der Waals surface area contributed by atoms with E-state index in [0.717, 1.165) is 24.9 Å². The summed E-state index contributed by atoms with van der Waals surface area (Å²) in [5.41, 5.74) is 0.894. The van der Waals surface area contributed by atoms with Gasteiger partial charge < -0.3 is 15.4 Å². The molecular weight excluding hydrogens is 276 g/mol. The van der Waals surface area contributed by atoms with Gasteiger partial charge in [0, 0.05) is 23.7 Å². The normalized spacial score (nSPS) is 10.3. The zero-order valence-electron chi connectivity index (χ0n) is 12.2. The largest absolute Gasteiger partial charge is 0.483 e. The molecule has 0 aromatic heterocycles. The van der Waals surface area contributed by atoms with E-state index in [0.29, 0.717) is 23.9 Å². The summed E-state index contributed by atoms with van der Waals surface area (Å²) in [5, 5.41) is 6.72. The van der Waals surface area contributed by atoms with Gasteiger partial charge >= 0.3 is 0 Å². The molecule has 0 saturated heterocycles. The smallest absolute Gasteiger partial charge is 0.257 e. The zero-order chi connectivity index (χ0) is 14.8. The first-order valence-electron chi connectivity index (χ1n) is 7.06. The minimum atomic E-state index is -0.112. The molecule has 1 aromatic rings. The lowest BCUT2D eigenvalue weighted by atomic mass is 10.2. The minimum absolute atomic E-state index is 0.0150. The Bertz CT molecular complexity index is 424. The van der Waals surface area contributed by atoms with Crippen LogP contribution < -0.4 is 15.4 Å². The van der Waals surface area contributed by atoms with E-state index in [2.05, 4.69) is 17.6 Å². The van der Waals surface area contributed by atoms with Crippen molar-refractivity contribution in [3.8, 4) is 5.75 Å². The molecule has 0 radical (unpaired) electrons. The maximum atomic E-state index is 11.5. The van der Waals surface area contributed by atoms with Crippen LogP contribution in [0.3, 0.4) is 0 Å². The first kappa shape index (κ1) is 16.8. The lowest BCUT2D eigenvalue weighted by molar-refractivity contribution is -0.123. The second kappa shape index (κ2) is 9.61. The fourth-order valence-electron chi connectivity index (χ4n) is 1.69. The van der Waals surface area contributed by atoms with E-state index in [4.69, 9.17) is 16.3 Å². The van der Waals surface area contributed by atoms with Crippen molar-refractivity contribution in [2.45, 2.75) is 33.2 Å². The second-order valence-electron chi connectivity index (χ2n) is 4.53. The number of benzene rings is 1. The lowest BCUT2D eigenvalue weighted by Gasteiger charge is -2.13. The lowest BCUT2D eigenvalue weighted by Crippen LogP contribution is -2.29. The maximum Gasteiger partial charge on any atom is 0.257 e. The predicted octanol–water partition coefficient (Wildman–Crippen LogP) is 2.74. The highest BCUT2D eigenvalue weighted by atomic mass is 35.5. The molecule has 0 aliphatic heterocycles. The van der Waals surface area contributed by atoms with E-state index in [1.807, 2.05) is 25.1 Å². The summed E-state index contributed by atoms with van der Waals surface area (Å²) in [7, 11) is 0. The first-order valence-corrected chi connectivity index (χ1v) is 7.44. The first-order chi connectivity index (χ1) is 9.69. The number of halogens is 1. The van der Waals surface area contributed by atoms with E-state index in [1.54, 1.807) is 0 Å². The standard InChI is InChI=1S/C15H23ClN2O2/c1-3-8-17-10-12-13(16)6-5-7-14(12)20-11-15(19)18-9-4-2/h5-7,17H,3-4,8-11H2,1-2H3,(H,18,19). The topological polar surface area (TPSA) is 50.4 Å². The number of hydrogen-bond acceptors (Lipinski definition) is 3. The van der Waals surface area contributed by atoms with Crippen LogP contribution in [-0.2, 0) is 11.3 Å². The molecule has 1 amide bonds. The highest BCUT2D eigenvalue weighted by Crippen LogP contribution is 2.26. The summed E-state index contributed by atoms with van der Waals surface area (Å²) in [6.07, 6.45) is 1.97. The Hall–Kier alpha value is -1.26. The van der Waals surface area contributed by atoms with E-state index in [9.17, 15) is 4.79 Å². The van der Waals surface area contributed by atoms with E-state index in [-0.39, 0.29) is 12.5 Å². The molecule has 1 aromatic carbocycles. The molecule has 112 valence electrons. The number of amides is 1. The van der Waals surface area contributed by atoms with Gasteiger partial charge in [-0.3, -0.25) is 4.79 Å². The molecular formula is C15H23ClN2O2. The number of carbonyl (C=O) groups is 1. The summed E-state index contributed by atoms with van der Waals surface area (Å²) in [4.78, 5) is 11.5. The highest BCUT2D eigenvalue weighted by Gasteiger charge is 2.09. The van der Waals surface area contributed by atoms with E-state index >= 15 is 0 Å². The summed E-state index contributed by atoms with van der Waals surface area (Å²) < 4.78 is 5.57. The molecule has 0 spiro atoms. The van der Waals surface area contributed by atoms with Crippen molar-refractivity contribution in [1.29, 1.82) is 0 Å². The van der Waals surface area contributed by atoms with Crippen LogP contribution in [0.1, 0.15) is 32.3 Å². The third kappa shape index (κ3) is 5.80. The molecule has 0 saturated carbocycles. The van der Waals surface area contributed by atoms with Crippen LogP contribution in [0.5, 0.6) is 5.75 Å². The quantitative estimate of drug-likeness (QED) is 0.689. The molecule has 4 nitrogen and oxygen atoms in total. The average molecular weight is 299 g/mol. The third-order valence-corrected chi connectivity index (χ3v) is 3.09. The van der Waals surface area contributed by atoms with Crippen molar-refractivity contribution in [2.75, 3.05) is 19.7 Å². The van der Waals surface area contributed by atoms with Crippen LogP contribution in [-0.4, -0.2) is 25.6 Å². The van der Waals surface area contributed by atoms with Crippen molar-refractivity contribution < 1.29 is 9.53 Å². The van der Waals surface area contributed by atoms with Gasteiger partial charge in [-0.2, -0.15) is 0 Å². The molecule has 20 heavy (non-hydrogen) atoms. The highest BCUT2D eigenvalue weighted by molar-refractivity contribution is 6.31. The number of ether oxygens (including phenoxy) is 1. The fraction of sp³-hybridized carbons (Fsp3) is 0.533. The third-order valence-electron chi connectivity index (χ3n) is 2.74. The van der Waals surface area contributed by atoms with Crippen molar-refractivity contribution >= 4 is 17.5 Å². The summed E-state index contributed by atoms with van der Waals surface area (Å²) in [6, 6.07) is 5.49. The summed E-state index contributed by atoms with van der Waals surface area (Å²) >= 11 is 6.19. The van der Waals surface area contributed by atoms with Crippen LogP contribution in [0.25, 0.3) is 0 Å². The number of rotatable bonds is 9. The molecule has 0 bridgehead atoms. The van der Waals surface area contributed by atoms with Gasteiger partial charge in [0.25, 0.3) is 5.91 Å². The molecule has 0 aliphatic rings. The van der Waals surface area contributed by atoms with Gasteiger partial charge in [-0.05, 0) is 31.5 Å². The Morgan fingerprint density at radius 3 is 2.70 bits per heavy atom. The molecule has 2 N–H and O–H groups in total. The van der Waals surface area contributed by atoms with Gasteiger partial charge in [0.2, 0.25) is 0 Å². The van der Waals surface area contributed by atoms with Crippen LogP contribution in [0.4, 0.5) is 0 Å². The van der Waals surface area contributed by atoms with Gasteiger partial charge in [-0.1, -0.05) is 31.5 Å². The Kier molecular flexibility index (Phi) is 8.07. The van der Waals surface area contributed by atoms with Crippen molar-refractivity contribution in [1.82, 2.24) is 10.6 Å². The van der Waals surface area contributed by atoms with Gasteiger partial charge in [-0.25, -0.2) is 0 Å². The maximum absolute atomic E-state index is 11.5. The van der Waals surface area contributed by atoms with Crippen LogP contribution >= 0.6 is 11.6 Å². The molecule has 0 aliphatic carbocycles. The Morgan fingerprint density at radius 1 is 1.25 bits per heavy atom. The van der Waals surface area contributed by atoms with Crippen molar-refractivity contribution in [3.63, 3.8) is 0 Å². The van der Waals surface area contributed by atoms with Gasteiger partial charge in [-0.15, -0.1) is 0 Å². The molecule has 5 heteroatoms. The number of nitrogens with one attached hydrogen (secondary N) is 2. The van der Waals surface area contributed by atoms with Crippen molar-refractivity contribution in [3.05, 3.63) is 28.8 Å². The van der Waals surface area contributed by atoms with Gasteiger partial charge in [0.15, 0.2) is 6.61 Å². The molecule has 0 heterocycles. The monoisotopic (exact) mass is 298 g/mol. The van der Waals surface area contributed by atoms with Crippen LogP contribution in [0, 0.1) is 0 Å². The Morgan fingerprint density at radius 2 is 2.00 bits per heavy atom. The number of carbonyl (C=O) groups excluding carboxylic acids is 1. The SMILES string of the molecule is CCCNCc1c(Cl)cccc1OCC(=O)NCCC.